The molecule has 6 heteroatoms. The van der Waals surface area contributed by atoms with Gasteiger partial charge in [-0.2, -0.15) is 0 Å². The number of fused-ring (bicyclic) bond motifs is 1. The molecule has 3 aromatic rings. The highest BCUT2D eigenvalue weighted by atomic mass is 16.5. The summed E-state index contributed by atoms with van der Waals surface area (Å²) < 4.78 is 16.6. The maximum Gasteiger partial charge on any atom is 0.167 e. The minimum Gasteiger partial charge on any atom is -0.460 e. The predicted molar refractivity (Wildman–Crippen MR) is 92.1 cm³/mol. The average Bonchev–Trinajstić information content (AvgIpc) is 3.15. The lowest BCUT2D eigenvalue weighted by Crippen LogP contribution is -2.61. The van der Waals surface area contributed by atoms with Crippen LogP contribution in [0.2, 0.25) is 0 Å². The standard InChI is InChI=1S/C19H22N2O4/c1-18(2,22)17-8-14(21-25-17)9-19(11-23-12-19)20-10-15-7-13-5-3-4-6-16(13)24-15/h3-8,20,22H,9-12H2,1-2H3. The maximum absolute atomic E-state index is 10.0. The van der Waals surface area contributed by atoms with E-state index in [9.17, 15) is 5.11 Å². The van der Waals surface area contributed by atoms with E-state index in [0.717, 1.165) is 22.4 Å². The molecule has 4 rings (SSSR count). The van der Waals surface area contributed by atoms with Gasteiger partial charge in [0.25, 0.3) is 0 Å². The normalized spacial score (nSPS) is 16.9. The number of nitrogens with zero attached hydrogens (tertiary/aromatic N) is 1. The molecular weight excluding hydrogens is 320 g/mol. The third-order valence-electron chi connectivity index (χ3n) is 4.55. The second kappa shape index (κ2) is 5.98. The van der Waals surface area contributed by atoms with E-state index in [1.54, 1.807) is 13.8 Å². The molecule has 2 N–H and O–H groups in total. The molecule has 0 spiro atoms. The lowest BCUT2D eigenvalue weighted by molar-refractivity contribution is -0.0761. The Labute approximate surface area is 145 Å². The second-order valence-electron chi connectivity index (χ2n) is 7.30. The highest BCUT2D eigenvalue weighted by Crippen LogP contribution is 2.27. The number of ether oxygens (including phenoxy) is 1. The van der Waals surface area contributed by atoms with Crippen molar-refractivity contribution in [1.29, 1.82) is 0 Å². The van der Waals surface area contributed by atoms with E-state index in [2.05, 4.69) is 16.5 Å². The molecule has 0 unspecified atom stereocenters. The van der Waals surface area contributed by atoms with E-state index in [1.807, 2.05) is 30.3 Å². The lowest BCUT2D eigenvalue weighted by atomic mass is 9.90. The first-order valence-corrected chi connectivity index (χ1v) is 8.42. The molecule has 1 aliphatic heterocycles. The number of para-hydroxylation sites is 1. The van der Waals surface area contributed by atoms with Gasteiger partial charge in [-0.15, -0.1) is 0 Å². The third kappa shape index (κ3) is 3.33. The fraction of sp³-hybridized carbons (Fsp3) is 0.421. The number of furan rings is 1. The summed E-state index contributed by atoms with van der Waals surface area (Å²) in [5.41, 5.74) is 0.477. The number of aliphatic hydroxyl groups is 1. The van der Waals surface area contributed by atoms with E-state index in [0.29, 0.717) is 31.9 Å². The van der Waals surface area contributed by atoms with Crippen molar-refractivity contribution < 1.29 is 18.8 Å². The van der Waals surface area contributed by atoms with Crippen molar-refractivity contribution in [2.75, 3.05) is 13.2 Å². The van der Waals surface area contributed by atoms with Crippen LogP contribution in [0.4, 0.5) is 0 Å². The Morgan fingerprint density at radius 3 is 2.68 bits per heavy atom. The topological polar surface area (TPSA) is 80.7 Å². The number of aromatic nitrogens is 1. The van der Waals surface area contributed by atoms with E-state index >= 15 is 0 Å². The van der Waals surface area contributed by atoms with Gasteiger partial charge in [-0.25, -0.2) is 0 Å². The monoisotopic (exact) mass is 342 g/mol. The summed E-state index contributed by atoms with van der Waals surface area (Å²) in [5.74, 6) is 1.36. The molecule has 6 nitrogen and oxygen atoms in total. The molecule has 0 aliphatic carbocycles. The van der Waals surface area contributed by atoms with Crippen molar-refractivity contribution in [1.82, 2.24) is 10.5 Å². The highest BCUT2D eigenvalue weighted by Gasteiger charge is 2.39. The fourth-order valence-electron chi connectivity index (χ4n) is 3.04. The molecule has 0 amide bonds. The van der Waals surface area contributed by atoms with Gasteiger partial charge in [-0.1, -0.05) is 23.4 Å². The Morgan fingerprint density at radius 2 is 2.04 bits per heavy atom. The molecule has 0 radical (unpaired) electrons. The van der Waals surface area contributed by atoms with Crippen LogP contribution in [0.25, 0.3) is 11.0 Å². The van der Waals surface area contributed by atoms with E-state index < -0.39 is 5.60 Å². The molecule has 2 aromatic heterocycles. The zero-order chi connectivity index (χ0) is 17.5. The molecule has 1 saturated heterocycles. The Balaban J connectivity index is 1.45. The van der Waals surface area contributed by atoms with Crippen LogP contribution in [-0.4, -0.2) is 29.0 Å². The Morgan fingerprint density at radius 1 is 1.24 bits per heavy atom. The summed E-state index contributed by atoms with van der Waals surface area (Å²) in [6.07, 6.45) is 0.673. The van der Waals surface area contributed by atoms with Gasteiger partial charge in [0.15, 0.2) is 5.76 Å². The van der Waals surface area contributed by atoms with E-state index in [1.165, 1.54) is 0 Å². The summed E-state index contributed by atoms with van der Waals surface area (Å²) in [6, 6.07) is 11.8. The van der Waals surface area contributed by atoms with Crippen molar-refractivity contribution >= 4 is 11.0 Å². The number of nitrogens with one attached hydrogen (secondary N) is 1. The average molecular weight is 342 g/mol. The number of rotatable bonds is 6. The fourth-order valence-corrected chi connectivity index (χ4v) is 3.04. The van der Waals surface area contributed by atoms with Crippen LogP contribution in [0, 0.1) is 0 Å². The van der Waals surface area contributed by atoms with Crippen molar-refractivity contribution in [3.8, 4) is 0 Å². The van der Waals surface area contributed by atoms with Gasteiger partial charge >= 0.3 is 0 Å². The van der Waals surface area contributed by atoms with Crippen molar-refractivity contribution in [2.24, 2.45) is 0 Å². The summed E-state index contributed by atoms with van der Waals surface area (Å²) in [5, 5.41) is 18.7. The molecule has 1 aliphatic rings. The second-order valence-corrected chi connectivity index (χ2v) is 7.30. The molecule has 0 saturated carbocycles. The first-order chi connectivity index (χ1) is 11.9. The maximum atomic E-state index is 10.0. The third-order valence-corrected chi connectivity index (χ3v) is 4.55. The molecule has 1 fully saturated rings. The Kier molecular flexibility index (Phi) is 3.91. The molecule has 0 atom stereocenters. The van der Waals surface area contributed by atoms with Crippen LogP contribution in [-0.2, 0) is 23.3 Å². The number of hydrogen-bond acceptors (Lipinski definition) is 6. The van der Waals surface area contributed by atoms with Gasteiger partial charge in [0.2, 0.25) is 0 Å². The van der Waals surface area contributed by atoms with Gasteiger partial charge in [0.05, 0.1) is 31.0 Å². The van der Waals surface area contributed by atoms with Crippen LogP contribution in [0.5, 0.6) is 0 Å². The zero-order valence-corrected chi connectivity index (χ0v) is 14.4. The highest BCUT2D eigenvalue weighted by molar-refractivity contribution is 5.77. The zero-order valence-electron chi connectivity index (χ0n) is 14.4. The Hall–Kier alpha value is -2.15. The van der Waals surface area contributed by atoms with Crippen LogP contribution in [0.1, 0.15) is 31.1 Å². The van der Waals surface area contributed by atoms with Crippen LogP contribution in [0.15, 0.2) is 45.3 Å². The Bertz CT molecular complexity index is 838. The predicted octanol–water partition coefficient (Wildman–Crippen LogP) is 2.75. The van der Waals surface area contributed by atoms with Crippen molar-refractivity contribution in [3.05, 3.63) is 53.6 Å². The molecule has 25 heavy (non-hydrogen) atoms. The van der Waals surface area contributed by atoms with Crippen LogP contribution >= 0.6 is 0 Å². The van der Waals surface area contributed by atoms with Crippen molar-refractivity contribution in [2.45, 2.75) is 38.0 Å². The summed E-state index contributed by atoms with van der Waals surface area (Å²) in [6.45, 7) is 5.20. The quantitative estimate of drug-likeness (QED) is 0.717. The van der Waals surface area contributed by atoms with Crippen molar-refractivity contribution in [3.63, 3.8) is 0 Å². The molecule has 132 valence electrons. The lowest BCUT2D eigenvalue weighted by Gasteiger charge is -2.41. The molecule has 3 heterocycles. The molecule has 0 bridgehead atoms. The molecule has 1 aromatic carbocycles. The van der Waals surface area contributed by atoms with Gasteiger partial charge in [0.1, 0.15) is 16.9 Å². The summed E-state index contributed by atoms with van der Waals surface area (Å²) in [7, 11) is 0. The van der Waals surface area contributed by atoms with Crippen LogP contribution in [0.3, 0.4) is 0 Å². The minimum atomic E-state index is -1.03. The van der Waals surface area contributed by atoms with Gasteiger partial charge in [0, 0.05) is 17.9 Å². The first kappa shape index (κ1) is 16.3. The van der Waals surface area contributed by atoms with E-state index in [-0.39, 0.29) is 5.54 Å². The van der Waals surface area contributed by atoms with Gasteiger partial charge in [-0.05, 0) is 26.0 Å². The number of benzene rings is 1. The minimum absolute atomic E-state index is 0.188. The molecular formula is C19H22N2O4. The van der Waals surface area contributed by atoms with Crippen LogP contribution < -0.4 is 5.32 Å². The van der Waals surface area contributed by atoms with Gasteiger partial charge in [-0.3, -0.25) is 5.32 Å². The smallest absolute Gasteiger partial charge is 0.167 e. The van der Waals surface area contributed by atoms with Gasteiger partial charge < -0.3 is 18.8 Å². The van der Waals surface area contributed by atoms with E-state index in [4.69, 9.17) is 13.7 Å². The summed E-state index contributed by atoms with van der Waals surface area (Å²) >= 11 is 0. The summed E-state index contributed by atoms with van der Waals surface area (Å²) in [4.78, 5) is 0. The largest absolute Gasteiger partial charge is 0.460 e. The number of hydrogen-bond donors (Lipinski definition) is 2. The SMILES string of the molecule is CC(C)(O)c1cc(CC2(NCc3cc4ccccc4o3)COC2)no1. The first-order valence-electron chi connectivity index (χ1n) is 8.42.